The van der Waals surface area contributed by atoms with Crippen LogP contribution in [0.3, 0.4) is 0 Å². The number of carbonyl (C=O) groups is 1. The smallest absolute Gasteiger partial charge is 0.263 e. The van der Waals surface area contributed by atoms with Gasteiger partial charge in [0, 0.05) is 6.54 Å². The van der Waals surface area contributed by atoms with Crippen LogP contribution in [0.5, 0.6) is 0 Å². The third-order valence-electron chi connectivity index (χ3n) is 4.94. The Balaban J connectivity index is 1.58. The maximum Gasteiger partial charge on any atom is 0.263 e. The van der Waals surface area contributed by atoms with Crippen LogP contribution in [0, 0.1) is 0 Å². The minimum atomic E-state index is -0.244. The van der Waals surface area contributed by atoms with E-state index in [-0.39, 0.29) is 23.3 Å². The van der Waals surface area contributed by atoms with Crippen molar-refractivity contribution < 1.29 is 4.79 Å². The average Bonchev–Trinajstić information content (AvgIpc) is 3.21. The quantitative estimate of drug-likeness (QED) is 0.306. The number of benzene rings is 2. The fourth-order valence-corrected chi connectivity index (χ4v) is 4.46. The molecule has 0 saturated heterocycles. The van der Waals surface area contributed by atoms with Gasteiger partial charge in [-0.15, -0.1) is 16.8 Å². The van der Waals surface area contributed by atoms with Crippen LogP contribution in [0.15, 0.2) is 65.1 Å². The van der Waals surface area contributed by atoms with Gasteiger partial charge in [-0.05, 0) is 36.8 Å². The van der Waals surface area contributed by atoms with Gasteiger partial charge in [0.2, 0.25) is 11.7 Å². The van der Waals surface area contributed by atoms with Gasteiger partial charge >= 0.3 is 0 Å². The van der Waals surface area contributed by atoms with Crippen molar-refractivity contribution in [2.75, 3.05) is 5.75 Å². The molecule has 0 aliphatic heterocycles. The van der Waals surface area contributed by atoms with Crippen LogP contribution in [0.2, 0.25) is 10.0 Å². The molecule has 2 aromatic carbocycles. The molecule has 1 unspecified atom stereocenters. The lowest BCUT2D eigenvalue weighted by Crippen LogP contribution is -2.28. The van der Waals surface area contributed by atoms with Crippen LogP contribution in [-0.2, 0) is 11.3 Å². The van der Waals surface area contributed by atoms with Gasteiger partial charge < -0.3 is 5.32 Å². The van der Waals surface area contributed by atoms with E-state index in [0.29, 0.717) is 38.4 Å². The number of nitrogens with zero attached hydrogens (tertiary/aromatic N) is 4. The largest absolute Gasteiger partial charge is 0.349 e. The van der Waals surface area contributed by atoms with E-state index in [4.69, 9.17) is 23.2 Å². The Labute approximate surface area is 198 Å². The summed E-state index contributed by atoms with van der Waals surface area (Å²) in [4.78, 5) is 25.4. The van der Waals surface area contributed by atoms with Gasteiger partial charge in [0.15, 0.2) is 5.16 Å². The van der Waals surface area contributed by atoms with Gasteiger partial charge in [-0.2, -0.15) is 0 Å². The van der Waals surface area contributed by atoms with Crippen LogP contribution in [0.4, 0.5) is 0 Å². The molecule has 2 heterocycles. The number of hydrogen-bond acceptors (Lipinski definition) is 5. The number of allylic oxidation sites excluding steroid dienone is 1. The average molecular weight is 488 g/mol. The SMILES string of the molecule is C=CCn1c(=O)c2ccccc2n2c(SCC(=O)NC(C)c3ccc(Cl)c(Cl)c3)nnc12. The molecule has 4 rings (SSSR count). The number of carbonyl (C=O) groups excluding carboxylic acids is 1. The molecular weight excluding hydrogens is 469 g/mol. The van der Waals surface area contributed by atoms with E-state index in [1.54, 1.807) is 28.7 Å². The first-order valence-corrected chi connectivity index (χ1v) is 11.5. The lowest BCUT2D eigenvalue weighted by atomic mass is 10.1. The highest BCUT2D eigenvalue weighted by atomic mass is 35.5. The molecule has 4 aromatic rings. The molecule has 0 radical (unpaired) electrons. The minimum absolute atomic E-state index is 0.126. The summed E-state index contributed by atoms with van der Waals surface area (Å²) in [6.07, 6.45) is 1.63. The van der Waals surface area contributed by atoms with Gasteiger partial charge in [0.25, 0.3) is 5.56 Å². The zero-order chi connectivity index (χ0) is 22.8. The van der Waals surface area contributed by atoms with Crippen molar-refractivity contribution in [3.8, 4) is 0 Å². The second-order valence-electron chi connectivity index (χ2n) is 7.09. The maximum absolute atomic E-state index is 12.9. The summed E-state index contributed by atoms with van der Waals surface area (Å²) in [5.41, 5.74) is 1.38. The molecule has 1 N–H and O–H groups in total. The number of amides is 1. The Morgan fingerprint density at radius 3 is 2.75 bits per heavy atom. The van der Waals surface area contributed by atoms with Crippen LogP contribution in [0.25, 0.3) is 16.7 Å². The van der Waals surface area contributed by atoms with E-state index < -0.39 is 0 Å². The van der Waals surface area contributed by atoms with Crippen LogP contribution < -0.4 is 10.9 Å². The number of halogens is 2. The number of nitrogens with one attached hydrogen (secondary N) is 1. The lowest BCUT2D eigenvalue weighted by molar-refractivity contribution is -0.119. The molecule has 7 nitrogen and oxygen atoms in total. The molecular formula is C22H19Cl2N5O2S. The van der Waals surface area contributed by atoms with Crippen molar-refractivity contribution in [2.24, 2.45) is 0 Å². The molecule has 0 bridgehead atoms. The predicted octanol–water partition coefficient (Wildman–Crippen LogP) is 4.51. The fourth-order valence-electron chi connectivity index (χ4n) is 3.40. The molecule has 0 fully saturated rings. The number of rotatable bonds is 7. The number of para-hydroxylation sites is 1. The fraction of sp³-hybridized carbons (Fsp3) is 0.182. The number of fused-ring (bicyclic) bond motifs is 3. The molecule has 1 atom stereocenters. The summed E-state index contributed by atoms with van der Waals surface area (Å²) < 4.78 is 3.30. The maximum atomic E-state index is 12.9. The molecule has 0 aliphatic rings. The first-order valence-electron chi connectivity index (χ1n) is 9.75. The highest BCUT2D eigenvalue weighted by Crippen LogP contribution is 2.26. The Morgan fingerprint density at radius 1 is 1.22 bits per heavy atom. The lowest BCUT2D eigenvalue weighted by Gasteiger charge is -2.15. The summed E-state index contributed by atoms with van der Waals surface area (Å²) in [5.74, 6) is 0.358. The second kappa shape index (κ2) is 9.36. The van der Waals surface area contributed by atoms with E-state index in [2.05, 4.69) is 22.1 Å². The summed E-state index contributed by atoms with van der Waals surface area (Å²) in [6, 6.07) is 12.3. The Morgan fingerprint density at radius 2 is 2.00 bits per heavy atom. The Hall–Kier alpha value is -2.81. The summed E-state index contributed by atoms with van der Waals surface area (Å²) in [7, 11) is 0. The summed E-state index contributed by atoms with van der Waals surface area (Å²) in [5, 5.41) is 13.3. The summed E-state index contributed by atoms with van der Waals surface area (Å²) >= 11 is 13.3. The summed E-state index contributed by atoms with van der Waals surface area (Å²) in [6.45, 7) is 5.90. The molecule has 1 amide bonds. The molecule has 164 valence electrons. The van der Waals surface area contributed by atoms with Crippen molar-refractivity contribution in [3.05, 3.63) is 81.1 Å². The Bertz CT molecular complexity index is 1400. The van der Waals surface area contributed by atoms with E-state index in [1.165, 1.54) is 16.3 Å². The molecule has 0 aliphatic carbocycles. The van der Waals surface area contributed by atoms with E-state index >= 15 is 0 Å². The van der Waals surface area contributed by atoms with Crippen molar-refractivity contribution in [2.45, 2.75) is 24.7 Å². The van der Waals surface area contributed by atoms with Gasteiger partial charge in [0.1, 0.15) is 0 Å². The van der Waals surface area contributed by atoms with Gasteiger partial charge in [-0.25, -0.2) is 0 Å². The topological polar surface area (TPSA) is 81.3 Å². The van der Waals surface area contributed by atoms with Crippen LogP contribution >= 0.6 is 35.0 Å². The minimum Gasteiger partial charge on any atom is -0.349 e. The zero-order valence-electron chi connectivity index (χ0n) is 17.1. The van der Waals surface area contributed by atoms with E-state index in [9.17, 15) is 9.59 Å². The first kappa shape index (κ1) is 22.4. The van der Waals surface area contributed by atoms with Crippen LogP contribution in [-0.4, -0.2) is 30.8 Å². The van der Waals surface area contributed by atoms with Crippen LogP contribution in [0.1, 0.15) is 18.5 Å². The normalized spacial score (nSPS) is 12.2. The molecule has 32 heavy (non-hydrogen) atoms. The number of aromatic nitrogens is 4. The van der Waals surface area contributed by atoms with Gasteiger partial charge in [0.05, 0.1) is 32.7 Å². The first-order chi connectivity index (χ1) is 15.4. The predicted molar refractivity (Wildman–Crippen MR) is 129 cm³/mol. The zero-order valence-corrected chi connectivity index (χ0v) is 19.4. The Kier molecular flexibility index (Phi) is 6.55. The number of hydrogen-bond donors (Lipinski definition) is 1. The van der Waals surface area contributed by atoms with Crippen molar-refractivity contribution >= 4 is 57.6 Å². The molecule has 0 spiro atoms. The third kappa shape index (κ3) is 4.26. The van der Waals surface area contributed by atoms with E-state index in [1.807, 2.05) is 31.2 Å². The monoisotopic (exact) mass is 487 g/mol. The van der Waals surface area contributed by atoms with Crippen molar-refractivity contribution in [1.82, 2.24) is 24.5 Å². The third-order valence-corrected chi connectivity index (χ3v) is 6.61. The standard InChI is InChI=1S/C22H19Cl2N5O2S/c1-3-10-28-20(31)15-6-4-5-7-18(15)29-21(28)26-27-22(29)32-12-19(30)25-13(2)14-8-9-16(23)17(24)11-14/h3-9,11,13H,1,10,12H2,2H3,(H,25,30). The van der Waals surface area contributed by atoms with Crippen molar-refractivity contribution in [1.29, 1.82) is 0 Å². The van der Waals surface area contributed by atoms with Gasteiger partial charge in [-0.3, -0.25) is 18.6 Å². The number of thioether (sulfide) groups is 1. The van der Waals surface area contributed by atoms with Crippen molar-refractivity contribution in [3.63, 3.8) is 0 Å². The highest BCUT2D eigenvalue weighted by Gasteiger charge is 2.18. The molecule has 0 saturated carbocycles. The second-order valence-corrected chi connectivity index (χ2v) is 8.85. The van der Waals surface area contributed by atoms with E-state index in [0.717, 1.165) is 5.56 Å². The molecule has 2 aromatic heterocycles. The van der Waals surface area contributed by atoms with Gasteiger partial charge in [-0.1, -0.05) is 59.2 Å². The highest BCUT2D eigenvalue weighted by molar-refractivity contribution is 7.99. The molecule has 10 heteroatoms.